The highest BCUT2D eigenvalue weighted by Gasteiger charge is 2.25. The van der Waals surface area contributed by atoms with Crippen molar-refractivity contribution >= 4 is 41.5 Å². The van der Waals surface area contributed by atoms with Gasteiger partial charge in [-0.05, 0) is 49.6 Å². The minimum absolute atomic E-state index is 0. The van der Waals surface area contributed by atoms with Crippen LogP contribution in [0.3, 0.4) is 0 Å². The average molecular weight is 552 g/mol. The minimum Gasteiger partial charge on any atom is -0.497 e. The number of guanidine groups is 1. The van der Waals surface area contributed by atoms with E-state index >= 15 is 0 Å². The van der Waals surface area contributed by atoms with Crippen LogP contribution >= 0.6 is 24.0 Å². The van der Waals surface area contributed by atoms with Gasteiger partial charge in [-0.25, -0.2) is 0 Å². The molecule has 0 aliphatic heterocycles. The Hall–Kier alpha value is -2.49. The van der Waals surface area contributed by atoms with Crippen molar-refractivity contribution in [3.05, 3.63) is 54.1 Å². The molecule has 7 nitrogen and oxygen atoms in total. The van der Waals surface area contributed by atoms with E-state index in [2.05, 4.69) is 20.9 Å². The smallest absolute Gasteiger partial charge is 0.227 e. The van der Waals surface area contributed by atoms with Crippen molar-refractivity contribution in [2.45, 2.75) is 38.8 Å². The highest BCUT2D eigenvalue weighted by atomic mass is 127. The first-order chi connectivity index (χ1) is 15.1. The first-order valence-electron chi connectivity index (χ1n) is 10.7. The van der Waals surface area contributed by atoms with Gasteiger partial charge in [0.05, 0.1) is 13.7 Å². The van der Waals surface area contributed by atoms with Crippen LogP contribution in [-0.2, 0) is 11.3 Å². The van der Waals surface area contributed by atoms with Gasteiger partial charge in [0.2, 0.25) is 5.91 Å². The summed E-state index contributed by atoms with van der Waals surface area (Å²) in [7, 11) is 3.37. The summed E-state index contributed by atoms with van der Waals surface area (Å²) in [5, 5.41) is 9.60. The fourth-order valence-corrected chi connectivity index (χ4v) is 3.27. The van der Waals surface area contributed by atoms with Gasteiger partial charge in [0.1, 0.15) is 17.6 Å². The van der Waals surface area contributed by atoms with Crippen molar-refractivity contribution in [3.8, 4) is 11.5 Å². The van der Waals surface area contributed by atoms with Gasteiger partial charge in [-0.15, -0.1) is 24.0 Å². The van der Waals surface area contributed by atoms with E-state index in [0.717, 1.165) is 42.0 Å². The Bertz CT molecular complexity index is 902. The molecule has 1 unspecified atom stereocenters. The van der Waals surface area contributed by atoms with Crippen LogP contribution in [0, 0.1) is 5.92 Å². The molecule has 2 aromatic carbocycles. The Morgan fingerprint density at radius 2 is 1.88 bits per heavy atom. The van der Waals surface area contributed by atoms with Crippen LogP contribution in [0.15, 0.2) is 53.5 Å². The summed E-state index contributed by atoms with van der Waals surface area (Å²) >= 11 is 0. The first-order valence-corrected chi connectivity index (χ1v) is 10.7. The fraction of sp³-hybridized carbons (Fsp3) is 0.417. The number of nitrogens with zero attached hydrogens (tertiary/aromatic N) is 1. The molecule has 1 amide bonds. The number of rotatable bonds is 9. The summed E-state index contributed by atoms with van der Waals surface area (Å²) in [5.41, 5.74) is 1.90. The summed E-state index contributed by atoms with van der Waals surface area (Å²) in [6.45, 7) is 3.18. The van der Waals surface area contributed by atoms with Crippen molar-refractivity contribution in [2.75, 3.05) is 26.0 Å². The van der Waals surface area contributed by atoms with E-state index in [1.54, 1.807) is 14.2 Å². The Kier molecular flexibility index (Phi) is 10.6. The molecule has 1 saturated carbocycles. The number of methoxy groups -OCH3 is 1. The highest BCUT2D eigenvalue weighted by Crippen LogP contribution is 2.27. The third kappa shape index (κ3) is 7.89. The predicted molar refractivity (Wildman–Crippen MR) is 139 cm³/mol. The second kappa shape index (κ2) is 13.1. The van der Waals surface area contributed by atoms with E-state index < -0.39 is 0 Å². The van der Waals surface area contributed by atoms with Crippen LogP contribution in [0.25, 0.3) is 0 Å². The zero-order chi connectivity index (χ0) is 22.1. The number of amides is 1. The number of carbonyl (C=O) groups excluding carboxylic acids is 1. The molecule has 0 saturated heterocycles. The van der Waals surface area contributed by atoms with E-state index in [0.29, 0.717) is 19.0 Å². The van der Waals surface area contributed by atoms with Gasteiger partial charge in [0.25, 0.3) is 0 Å². The quantitative estimate of drug-likeness (QED) is 0.247. The van der Waals surface area contributed by atoms with Gasteiger partial charge in [-0.3, -0.25) is 9.79 Å². The van der Waals surface area contributed by atoms with E-state index in [4.69, 9.17) is 9.47 Å². The topological polar surface area (TPSA) is 84.0 Å². The number of aliphatic imine (C=N–C) groups is 1. The Balaban J connectivity index is 0.00000363. The van der Waals surface area contributed by atoms with Crippen molar-refractivity contribution in [1.29, 1.82) is 0 Å². The summed E-state index contributed by atoms with van der Waals surface area (Å²) in [4.78, 5) is 16.4. The van der Waals surface area contributed by atoms with Crippen molar-refractivity contribution in [3.63, 3.8) is 0 Å². The fourth-order valence-electron chi connectivity index (χ4n) is 3.27. The molecule has 0 radical (unpaired) electrons. The number of benzene rings is 2. The van der Waals surface area contributed by atoms with Crippen LogP contribution in [0.5, 0.6) is 11.5 Å². The summed E-state index contributed by atoms with van der Waals surface area (Å²) < 4.78 is 11.2. The van der Waals surface area contributed by atoms with Gasteiger partial charge in [0.15, 0.2) is 5.96 Å². The lowest BCUT2D eigenvalue weighted by atomic mass is 9.85. The van der Waals surface area contributed by atoms with Crippen LogP contribution < -0.4 is 25.4 Å². The van der Waals surface area contributed by atoms with Crippen molar-refractivity contribution in [2.24, 2.45) is 10.9 Å². The molecule has 3 rings (SSSR count). The van der Waals surface area contributed by atoms with Gasteiger partial charge in [-0.2, -0.15) is 0 Å². The molecule has 174 valence electrons. The second-order valence-electron chi connectivity index (χ2n) is 7.73. The molecule has 0 aromatic heterocycles. The Labute approximate surface area is 207 Å². The summed E-state index contributed by atoms with van der Waals surface area (Å²) in [6, 6.07) is 15.4. The molecule has 1 fully saturated rings. The molecular weight excluding hydrogens is 519 g/mol. The van der Waals surface area contributed by atoms with Gasteiger partial charge < -0.3 is 25.4 Å². The van der Waals surface area contributed by atoms with E-state index in [9.17, 15) is 4.79 Å². The number of carbonyl (C=O) groups is 1. The molecular formula is C24H33IN4O3. The molecule has 0 spiro atoms. The minimum atomic E-state index is -0.0595. The first kappa shape index (κ1) is 25.8. The van der Waals surface area contributed by atoms with Crippen LogP contribution in [0.2, 0.25) is 0 Å². The SMILES string of the molecule is CN=C(NCc1cccc(NC(=O)C2CCC2)c1)NCC(C)Oc1cccc(OC)c1.I. The van der Waals surface area contributed by atoms with E-state index in [1.165, 1.54) is 0 Å². The van der Waals surface area contributed by atoms with E-state index in [-0.39, 0.29) is 41.9 Å². The second-order valence-corrected chi connectivity index (χ2v) is 7.73. The number of ether oxygens (including phenoxy) is 2. The average Bonchev–Trinajstić information content (AvgIpc) is 2.73. The monoisotopic (exact) mass is 552 g/mol. The van der Waals surface area contributed by atoms with Crippen molar-refractivity contribution in [1.82, 2.24) is 10.6 Å². The number of hydrogen-bond donors (Lipinski definition) is 3. The normalized spacial score (nSPS) is 14.4. The lowest BCUT2D eigenvalue weighted by Crippen LogP contribution is -2.41. The van der Waals surface area contributed by atoms with Gasteiger partial charge in [-0.1, -0.05) is 24.6 Å². The molecule has 1 aliphatic carbocycles. The maximum atomic E-state index is 12.2. The lowest BCUT2D eigenvalue weighted by Gasteiger charge is -2.24. The maximum absolute atomic E-state index is 12.2. The zero-order valence-electron chi connectivity index (χ0n) is 18.9. The number of anilines is 1. The largest absolute Gasteiger partial charge is 0.497 e. The molecule has 0 heterocycles. The molecule has 32 heavy (non-hydrogen) atoms. The molecule has 1 aliphatic rings. The van der Waals surface area contributed by atoms with Crippen molar-refractivity contribution < 1.29 is 14.3 Å². The third-order valence-electron chi connectivity index (χ3n) is 5.29. The number of halogens is 1. The molecule has 1 atom stereocenters. The maximum Gasteiger partial charge on any atom is 0.227 e. The zero-order valence-corrected chi connectivity index (χ0v) is 21.2. The summed E-state index contributed by atoms with van der Waals surface area (Å²) in [6.07, 6.45) is 3.08. The number of nitrogens with one attached hydrogen (secondary N) is 3. The van der Waals surface area contributed by atoms with E-state index in [1.807, 2.05) is 55.5 Å². The molecule has 3 N–H and O–H groups in total. The van der Waals surface area contributed by atoms with Crippen LogP contribution in [0.4, 0.5) is 5.69 Å². The molecule has 2 aromatic rings. The Morgan fingerprint density at radius 1 is 1.12 bits per heavy atom. The predicted octanol–water partition coefficient (Wildman–Crippen LogP) is 4.18. The van der Waals surface area contributed by atoms with Gasteiger partial charge in [0, 0.05) is 31.3 Å². The Morgan fingerprint density at radius 3 is 2.56 bits per heavy atom. The van der Waals surface area contributed by atoms with Crippen LogP contribution in [-0.4, -0.2) is 38.7 Å². The van der Waals surface area contributed by atoms with Gasteiger partial charge >= 0.3 is 0 Å². The molecule has 0 bridgehead atoms. The lowest BCUT2D eigenvalue weighted by molar-refractivity contribution is -0.122. The number of hydrogen-bond acceptors (Lipinski definition) is 4. The third-order valence-corrected chi connectivity index (χ3v) is 5.29. The standard InChI is InChI=1S/C24H32N4O3.HI/c1-17(31-22-12-6-11-21(14-22)30-3)15-26-24(25-2)27-16-18-7-4-10-20(13-18)28-23(29)19-8-5-9-19;/h4,6-7,10-14,17,19H,5,8-9,15-16H2,1-3H3,(H,28,29)(H2,25,26,27);1H. The molecule has 8 heteroatoms. The highest BCUT2D eigenvalue weighted by molar-refractivity contribution is 14.0. The summed E-state index contributed by atoms with van der Waals surface area (Å²) in [5.74, 6) is 2.51. The van der Waals surface area contributed by atoms with Crippen LogP contribution in [0.1, 0.15) is 31.7 Å².